The summed E-state index contributed by atoms with van der Waals surface area (Å²) in [6.07, 6.45) is 1.70. The van der Waals surface area contributed by atoms with Crippen molar-refractivity contribution < 1.29 is 14.5 Å². The molecule has 0 radical (unpaired) electrons. The molecule has 0 bridgehead atoms. The van der Waals surface area contributed by atoms with Crippen molar-refractivity contribution in [3.8, 4) is 5.75 Å². The van der Waals surface area contributed by atoms with E-state index in [1.807, 2.05) is 0 Å². The Kier molecular flexibility index (Phi) is 5.55. The molecule has 0 aliphatic carbocycles. The first-order valence-electron chi connectivity index (χ1n) is 7.33. The van der Waals surface area contributed by atoms with E-state index < -0.39 is 4.92 Å². The minimum Gasteiger partial charge on any atom is -0.487 e. The van der Waals surface area contributed by atoms with Crippen LogP contribution in [0.3, 0.4) is 0 Å². The molecule has 1 saturated heterocycles. The van der Waals surface area contributed by atoms with Crippen molar-refractivity contribution in [2.75, 3.05) is 0 Å². The summed E-state index contributed by atoms with van der Waals surface area (Å²) >= 11 is 12.4. The first-order chi connectivity index (χ1) is 12.4. The van der Waals surface area contributed by atoms with Gasteiger partial charge in [0.25, 0.3) is 11.6 Å². The van der Waals surface area contributed by atoms with E-state index in [1.54, 1.807) is 36.4 Å². The molecule has 1 heterocycles. The van der Waals surface area contributed by atoms with Gasteiger partial charge in [-0.3, -0.25) is 14.9 Å². The van der Waals surface area contributed by atoms with Gasteiger partial charge in [0.15, 0.2) is 0 Å². The second-order valence-corrected chi connectivity index (χ2v) is 7.38. The molecule has 2 aromatic carbocycles. The molecule has 1 N–H and O–H groups in total. The monoisotopic (exact) mass is 406 g/mol. The van der Waals surface area contributed by atoms with Gasteiger partial charge in [-0.05, 0) is 41.5 Å². The number of nitro benzene ring substituents is 1. The molecule has 2 aromatic rings. The lowest BCUT2D eigenvalue weighted by Gasteiger charge is -2.09. The number of nitrogens with zero attached hydrogens (tertiary/aromatic N) is 1. The molecule has 26 heavy (non-hydrogen) atoms. The zero-order chi connectivity index (χ0) is 18.7. The standard InChI is InChI=1S/C17H11ClN2O4S2/c18-13-7-11(8-15-16(21)19-17(25)26-15)3-6-14(13)24-9-10-1-4-12(5-2-10)20(22)23/h1-8H,9H2,(H,19,21,25). The lowest BCUT2D eigenvalue weighted by molar-refractivity contribution is -0.384. The summed E-state index contributed by atoms with van der Waals surface area (Å²) in [5.74, 6) is 0.251. The number of nitrogens with one attached hydrogen (secondary N) is 1. The highest BCUT2D eigenvalue weighted by Crippen LogP contribution is 2.30. The van der Waals surface area contributed by atoms with Crippen molar-refractivity contribution in [1.29, 1.82) is 0 Å². The van der Waals surface area contributed by atoms with Crippen LogP contribution in [0.15, 0.2) is 47.4 Å². The number of amides is 1. The fraction of sp³-hybridized carbons (Fsp3) is 0.0588. The van der Waals surface area contributed by atoms with E-state index in [9.17, 15) is 14.9 Å². The van der Waals surface area contributed by atoms with E-state index in [0.717, 1.165) is 11.1 Å². The first-order valence-corrected chi connectivity index (χ1v) is 8.93. The maximum atomic E-state index is 11.7. The van der Waals surface area contributed by atoms with E-state index in [-0.39, 0.29) is 18.2 Å². The Morgan fingerprint density at radius 1 is 1.27 bits per heavy atom. The molecular formula is C17H11ClN2O4S2. The number of hydrogen-bond donors (Lipinski definition) is 1. The van der Waals surface area contributed by atoms with E-state index in [1.165, 1.54) is 23.9 Å². The van der Waals surface area contributed by atoms with E-state index in [0.29, 0.717) is 20.0 Å². The van der Waals surface area contributed by atoms with Crippen molar-refractivity contribution in [3.63, 3.8) is 0 Å². The molecule has 1 amide bonds. The maximum Gasteiger partial charge on any atom is 0.269 e. The number of non-ortho nitro benzene ring substituents is 1. The minimum absolute atomic E-state index is 0.0254. The topological polar surface area (TPSA) is 81.5 Å². The fourth-order valence-electron chi connectivity index (χ4n) is 2.17. The van der Waals surface area contributed by atoms with Gasteiger partial charge in [0.05, 0.1) is 14.9 Å². The number of halogens is 1. The van der Waals surface area contributed by atoms with Crippen molar-refractivity contribution in [3.05, 3.63) is 73.6 Å². The third kappa shape index (κ3) is 4.40. The van der Waals surface area contributed by atoms with Crippen molar-refractivity contribution in [2.45, 2.75) is 6.61 Å². The summed E-state index contributed by atoms with van der Waals surface area (Å²) in [4.78, 5) is 22.4. The Hall–Kier alpha value is -2.42. The van der Waals surface area contributed by atoms with E-state index in [4.69, 9.17) is 28.6 Å². The number of carbonyl (C=O) groups is 1. The normalized spacial score (nSPS) is 15.2. The maximum absolute atomic E-state index is 11.7. The number of thioether (sulfide) groups is 1. The Morgan fingerprint density at radius 2 is 2.00 bits per heavy atom. The second kappa shape index (κ2) is 7.86. The predicted octanol–water partition coefficient (Wildman–Crippen LogP) is 4.32. The lowest BCUT2D eigenvalue weighted by Crippen LogP contribution is -2.17. The van der Waals surface area contributed by atoms with Crippen LogP contribution < -0.4 is 10.1 Å². The summed E-state index contributed by atoms with van der Waals surface area (Å²) in [5.41, 5.74) is 1.56. The molecule has 0 unspecified atom stereocenters. The average molecular weight is 407 g/mol. The third-order valence-corrected chi connectivity index (χ3v) is 4.90. The van der Waals surface area contributed by atoms with Crippen LogP contribution in [0.5, 0.6) is 5.75 Å². The molecule has 0 saturated carbocycles. The van der Waals surface area contributed by atoms with Gasteiger partial charge in [0, 0.05) is 12.1 Å². The van der Waals surface area contributed by atoms with Crippen LogP contribution in [-0.4, -0.2) is 15.2 Å². The predicted molar refractivity (Wildman–Crippen MR) is 105 cm³/mol. The molecule has 3 rings (SSSR count). The molecule has 0 aromatic heterocycles. The summed E-state index contributed by atoms with van der Waals surface area (Å²) in [6, 6.07) is 11.3. The van der Waals surface area contributed by atoms with E-state index in [2.05, 4.69) is 5.32 Å². The molecule has 1 aliphatic heterocycles. The van der Waals surface area contributed by atoms with Crippen LogP contribution in [0.1, 0.15) is 11.1 Å². The first kappa shape index (κ1) is 18.4. The number of benzene rings is 2. The highest BCUT2D eigenvalue weighted by atomic mass is 35.5. The Labute approximate surface area is 163 Å². The molecule has 1 fully saturated rings. The minimum atomic E-state index is -0.454. The van der Waals surface area contributed by atoms with Crippen molar-refractivity contribution >= 4 is 57.6 Å². The van der Waals surface area contributed by atoms with Crippen molar-refractivity contribution in [2.24, 2.45) is 0 Å². The van der Waals surface area contributed by atoms with Gasteiger partial charge in [-0.2, -0.15) is 0 Å². The molecule has 0 atom stereocenters. The van der Waals surface area contributed by atoms with Crippen molar-refractivity contribution in [1.82, 2.24) is 5.32 Å². The molecule has 132 valence electrons. The Balaban J connectivity index is 1.68. The van der Waals surface area contributed by atoms with Gasteiger partial charge < -0.3 is 10.1 Å². The smallest absolute Gasteiger partial charge is 0.269 e. The average Bonchev–Trinajstić information content (AvgIpc) is 2.91. The number of carbonyl (C=O) groups excluding carboxylic acids is 1. The zero-order valence-electron chi connectivity index (χ0n) is 13.1. The quantitative estimate of drug-likeness (QED) is 0.345. The SMILES string of the molecule is O=C1NC(=S)SC1=Cc1ccc(OCc2ccc([N+](=O)[O-])cc2)c(Cl)c1. The molecule has 1 aliphatic rings. The van der Waals surface area contributed by atoms with Crippen LogP contribution in [0.25, 0.3) is 6.08 Å². The molecule has 0 spiro atoms. The number of ether oxygens (including phenoxy) is 1. The van der Waals surface area contributed by atoms with Crippen LogP contribution in [0.2, 0.25) is 5.02 Å². The number of nitro groups is 1. The van der Waals surface area contributed by atoms with Gasteiger partial charge in [-0.15, -0.1) is 0 Å². The van der Waals surface area contributed by atoms with Gasteiger partial charge in [-0.25, -0.2) is 0 Å². The zero-order valence-corrected chi connectivity index (χ0v) is 15.5. The summed E-state index contributed by atoms with van der Waals surface area (Å²) in [5, 5.41) is 13.6. The second-order valence-electron chi connectivity index (χ2n) is 5.25. The van der Waals surface area contributed by atoms with E-state index >= 15 is 0 Å². The van der Waals surface area contributed by atoms with Crippen LogP contribution in [-0.2, 0) is 11.4 Å². The largest absolute Gasteiger partial charge is 0.487 e. The highest BCUT2D eigenvalue weighted by Gasteiger charge is 2.22. The van der Waals surface area contributed by atoms with Gasteiger partial charge in [0.1, 0.15) is 16.7 Å². The lowest BCUT2D eigenvalue weighted by atomic mass is 10.2. The number of rotatable bonds is 5. The number of hydrogen-bond acceptors (Lipinski definition) is 6. The Bertz CT molecular complexity index is 929. The van der Waals surface area contributed by atoms with Crippen LogP contribution in [0.4, 0.5) is 5.69 Å². The Morgan fingerprint density at radius 3 is 2.58 bits per heavy atom. The number of thiocarbonyl (C=S) groups is 1. The third-order valence-electron chi connectivity index (χ3n) is 3.44. The van der Waals surface area contributed by atoms with Crippen LogP contribution >= 0.6 is 35.6 Å². The summed E-state index contributed by atoms with van der Waals surface area (Å²) < 4.78 is 6.08. The summed E-state index contributed by atoms with van der Waals surface area (Å²) in [7, 11) is 0. The summed E-state index contributed by atoms with van der Waals surface area (Å²) in [6.45, 7) is 0.227. The van der Waals surface area contributed by atoms with Crippen LogP contribution in [0, 0.1) is 10.1 Å². The fourth-order valence-corrected chi connectivity index (χ4v) is 3.46. The van der Waals surface area contributed by atoms with Gasteiger partial charge >= 0.3 is 0 Å². The molecular weight excluding hydrogens is 396 g/mol. The molecule has 9 heteroatoms. The van der Waals surface area contributed by atoms with Gasteiger partial charge in [0.2, 0.25) is 0 Å². The van der Waals surface area contributed by atoms with Gasteiger partial charge in [-0.1, -0.05) is 41.6 Å². The highest BCUT2D eigenvalue weighted by molar-refractivity contribution is 8.26. The molecule has 6 nitrogen and oxygen atoms in total.